The number of imidazole rings is 1. The summed E-state index contributed by atoms with van der Waals surface area (Å²) in [7, 11) is 1.56. The predicted molar refractivity (Wildman–Crippen MR) is 104 cm³/mol. The van der Waals surface area contributed by atoms with Crippen molar-refractivity contribution in [2.24, 2.45) is 0 Å². The van der Waals surface area contributed by atoms with Crippen LogP contribution in [0.4, 0.5) is 5.69 Å². The van der Waals surface area contributed by atoms with Crippen molar-refractivity contribution in [1.82, 2.24) is 14.9 Å². The standard InChI is InChI=1S/C18H24N4O4S/c1-12(2)20-16(24)9-22-14(10-23)8-19-18(22)27-11-17(25)21-13-5-4-6-15(7-13)26-3/h4-8,12,23H,9-11H2,1-3H3,(H,20,24)(H,21,25). The Hall–Kier alpha value is -2.52. The molecule has 2 aromatic rings. The van der Waals surface area contributed by atoms with Gasteiger partial charge in [-0.2, -0.15) is 0 Å². The molecule has 1 heterocycles. The Morgan fingerprint density at radius 3 is 2.78 bits per heavy atom. The number of rotatable bonds is 9. The van der Waals surface area contributed by atoms with E-state index in [9.17, 15) is 14.7 Å². The maximum absolute atomic E-state index is 12.2. The van der Waals surface area contributed by atoms with Crippen LogP contribution < -0.4 is 15.4 Å². The summed E-state index contributed by atoms with van der Waals surface area (Å²) in [5.74, 6) is 0.380. The van der Waals surface area contributed by atoms with Crippen molar-refractivity contribution in [3.8, 4) is 5.75 Å². The lowest BCUT2D eigenvalue weighted by Gasteiger charge is -2.13. The number of amides is 2. The number of nitrogens with zero attached hydrogens (tertiary/aromatic N) is 2. The number of anilines is 1. The number of benzene rings is 1. The fourth-order valence-electron chi connectivity index (χ4n) is 2.34. The molecule has 8 nitrogen and oxygen atoms in total. The van der Waals surface area contributed by atoms with Crippen LogP contribution in [-0.4, -0.2) is 45.4 Å². The van der Waals surface area contributed by atoms with E-state index in [0.717, 1.165) is 0 Å². The number of methoxy groups -OCH3 is 1. The summed E-state index contributed by atoms with van der Waals surface area (Å²) in [6.07, 6.45) is 1.50. The zero-order valence-electron chi connectivity index (χ0n) is 15.6. The van der Waals surface area contributed by atoms with Gasteiger partial charge in [-0.1, -0.05) is 17.8 Å². The van der Waals surface area contributed by atoms with E-state index >= 15 is 0 Å². The second-order valence-electron chi connectivity index (χ2n) is 6.07. The molecule has 1 aromatic carbocycles. The molecule has 0 aliphatic rings. The van der Waals surface area contributed by atoms with Crippen molar-refractivity contribution in [3.63, 3.8) is 0 Å². The van der Waals surface area contributed by atoms with E-state index < -0.39 is 0 Å². The minimum atomic E-state index is -0.238. The number of aromatic nitrogens is 2. The summed E-state index contributed by atoms with van der Waals surface area (Å²) in [6, 6.07) is 7.09. The van der Waals surface area contributed by atoms with E-state index in [1.807, 2.05) is 13.8 Å². The largest absolute Gasteiger partial charge is 0.497 e. The second kappa shape index (κ2) is 9.98. The van der Waals surface area contributed by atoms with Gasteiger partial charge in [0.1, 0.15) is 12.3 Å². The van der Waals surface area contributed by atoms with Gasteiger partial charge >= 0.3 is 0 Å². The Morgan fingerprint density at radius 2 is 2.11 bits per heavy atom. The van der Waals surface area contributed by atoms with Crippen molar-refractivity contribution in [2.75, 3.05) is 18.2 Å². The molecular formula is C18H24N4O4S. The fraction of sp³-hybridized carbons (Fsp3) is 0.389. The summed E-state index contributed by atoms with van der Waals surface area (Å²) in [6.45, 7) is 3.54. The highest BCUT2D eigenvalue weighted by molar-refractivity contribution is 7.99. The summed E-state index contributed by atoms with van der Waals surface area (Å²) < 4.78 is 6.74. The molecule has 27 heavy (non-hydrogen) atoms. The summed E-state index contributed by atoms with van der Waals surface area (Å²) in [5.41, 5.74) is 1.15. The Balaban J connectivity index is 1.99. The Kier molecular flexibility index (Phi) is 7.68. The molecule has 0 aliphatic heterocycles. The second-order valence-corrected chi connectivity index (χ2v) is 7.01. The first-order valence-corrected chi connectivity index (χ1v) is 9.42. The smallest absolute Gasteiger partial charge is 0.240 e. The average molecular weight is 392 g/mol. The number of aliphatic hydroxyl groups excluding tert-OH is 1. The van der Waals surface area contributed by atoms with Crippen LogP contribution in [0.2, 0.25) is 0 Å². The van der Waals surface area contributed by atoms with Gasteiger partial charge in [0.25, 0.3) is 0 Å². The van der Waals surface area contributed by atoms with E-state index in [4.69, 9.17) is 4.74 Å². The van der Waals surface area contributed by atoms with Gasteiger partial charge in [-0.25, -0.2) is 4.98 Å². The molecule has 0 fully saturated rings. The van der Waals surface area contributed by atoms with Crippen LogP contribution in [-0.2, 0) is 22.7 Å². The molecule has 0 saturated carbocycles. The van der Waals surface area contributed by atoms with Crippen LogP contribution in [0.25, 0.3) is 0 Å². The Bertz CT molecular complexity index is 791. The summed E-state index contributed by atoms with van der Waals surface area (Å²) >= 11 is 1.20. The topological polar surface area (TPSA) is 105 Å². The molecule has 146 valence electrons. The lowest BCUT2D eigenvalue weighted by Crippen LogP contribution is -2.33. The average Bonchev–Trinajstić information content (AvgIpc) is 3.01. The molecule has 2 rings (SSSR count). The lowest BCUT2D eigenvalue weighted by molar-refractivity contribution is -0.122. The van der Waals surface area contributed by atoms with Gasteiger partial charge in [0.05, 0.1) is 31.4 Å². The van der Waals surface area contributed by atoms with Crippen molar-refractivity contribution in [2.45, 2.75) is 38.2 Å². The first kappa shape index (κ1) is 20.8. The van der Waals surface area contributed by atoms with Gasteiger partial charge in [-0.05, 0) is 26.0 Å². The molecule has 3 N–H and O–H groups in total. The highest BCUT2D eigenvalue weighted by Crippen LogP contribution is 2.20. The zero-order chi connectivity index (χ0) is 19.8. The molecule has 0 unspecified atom stereocenters. The van der Waals surface area contributed by atoms with Gasteiger partial charge in [0, 0.05) is 17.8 Å². The van der Waals surface area contributed by atoms with E-state index in [-0.39, 0.29) is 36.8 Å². The van der Waals surface area contributed by atoms with Gasteiger partial charge in [-0.3, -0.25) is 9.59 Å². The van der Waals surface area contributed by atoms with Crippen LogP contribution in [0.5, 0.6) is 5.75 Å². The van der Waals surface area contributed by atoms with Crippen molar-refractivity contribution in [3.05, 3.63) is 36.2 Å². The number of thioether (sulfide) groups is 1. The van der Waals surface area contributed by atoms with Crippen LogP contribution >= 0.6 is 11.8 Å². The third kappa shape index (κ3) is 6.30. The first-order chi connectivity index (χ1) is 12.9. The summed E-state index contributed by atoms with van der Waals surface area (Å²) in [4.78, 5) is 28.5. The molecule has 0 radical (unpaired) electrons. The number of hydrogen-bond donors (Lipinski definition) is 3. The van der Waals surface area contributed by atoms with Crippen LogP contribution in [0, 0.1) is 0 Å². The van der Waals surface area contributed by atoms with Crippen LogP contribution in [0.1, 0.15) is 19.5 Å². The van der Waals surface area contributed by atoms with Crippen LogP contribution in [0.3, 0.4) is 0 Å². The first-order valence-electron chi connectivity index (χ1n) is 8.44. The molecule has 0 atom stereocenters. The molecule has 0 spiro atoms. The number of aliphatic hydroxyl groups is 1. The molecule has 0 saturated heterocycles. The Morgan fingerprint density at radius 1 is 1.33 bits per heavy atom. The maximum Gasteiger partial charge on any atom is 0.240 e. The van der Waals surface area contributed by atoms with Crippen LogP contribution in [0.15, 0.2) is 35.6 Å². The van der Waals surface area contributed by atoms with E-state index in [1.165, 1.54) is 18.0 Å². The monoisotopic (exact) mass is 392 g/mol. The number of carbonyl (C=O) groups is 2. The van der Waals surface area contributed by atoms with Crippen molar-refractivity contribution in [1.29, 1.82) is 0 Å². The third-order valence-electron chi connectivity index (χ3n) is 3.50. The normalized spacial score (nSPS) is 10.7. The number of ether oxygens (including phenoxy) is 1. The molecule has 9 heteroatoms. The maximum atomic E-state index is 12.2. The highest BCUT2D eigenvalue weighted by Gasteiger charge is 2.15. The van der Waals surface area contributed by atoms with Gasteiger partial charge in [0.2, 0.25) is 11.8 Å². The fourth-order valence-corrected chi connectivity index (χ4v) is 3.14. The third-order valence-corrected chi connectivity index (χ3v) is 4.49. The SMILES string of the molecule is COc1cccc(NC(=O)CSc2ncc(CO)n2CC(=O)NC(C)C)c1. The van der Waals surface area contributed by atoms with E-state index in [2.05, 4.69) is 15.6 Å². The van der Waals surface area contributed by atoms with Gasteiger partial charge < -0.3 is 25.0 Å². The van der Waals surface area contributed by atoms with Crippen molar-refractivity contribution >= 4 is 29.3 Å². The Labute approximate surface area is 162 Å². The molecular weight excluding hydrogens is 368 g/mol. The number of hydrogen-bond acceptors (Lipinski definition) is 6. The number of nitrogens with one attached hydrogen (secondary N) is 2. The van der Waals surface area contributed by atoms with E-state index in [0.29, 0.717) is 22.3 Å². The summed E-state index contributed by atoms with van der Waals surface area (Å²) in [5, 5.41) is 15.5. The predicted octanol–water partition coefficient (Wildman–Crippen LogP) is 1.64. The van der Waals surface area contributed by atoms with Crippen molar-refractivity contribution < 1.29 is 19.4 Å². The highest BCUT2D eigenvalue weighted by atomic mass is 32.2. The zero-order valence-corrected chi connectivity index (χ0v) is 16.4. The molecule has 1 aromatic heterocycles. The van der Waals surface area contributed by atoms with Gasteiger partial charge in [-0.15, -0.1) is 0 Å². The quantitative estimate of drug-likeness (QED) is 0.560. The number of carbonyl (C=O) groups excluding carboxylic acids is 2. The van der Waals surface area contributed by atoms with E-state index in [1.54, 1.807) is 35.9 Å². The molecule has 0 bridgehead atoms. The molecule has 2 amide bonds. The minimum absolute atomic E-state index is 0.0170. The minimum Gasteiger partial charge on any atom is -0.497 e. The van der Waals surface area contributed by atoms with Gasteiger partial charge in [0.15, 0.2) is 5.16 Å². The lowest BCUT2D eigenvalue weighted by atomic mass is 10.3. The molecule has 0 aliphatic carbocycles.